The number of amides is 1. The Morgan fingerprint density at radius 1 is 0.902 bits per heavy atom. The number of carboxylic acids is 1. The molecule has 4 N–H and O–H groups in total. The fourth-order valence-corrected chi connectivity index (χ4v) is 7.00. The maximum Gasteiger partial charge on any atom is 0.303 e. The smallest absolute Gasteiger partial charge is 0.303 e. The van der Waals surface area contributed by atoms with E-state index in [-0.39, 0.29) is 49.2 Å². The molecule has 2 heterocycles. The second-order valence-electron chi connectivity index (χ2n) is 12.3. The number of hydrogen-bond donors (Lipinski definition) is 4. The largest absolute Gasteiger partial charge is 0.508 e. The van der Waals surface area contributed by atoms with E-state index in [1.54, 1.807) is 28.9 Å². The van der Waals surface area contributed by atoms with E-state index >= 15 is 0 Å². The number of carbonyl (C=O) groups is 2. The van der Waals surface area contributed by atoms with Gasteiger partial charge in [-0.3, -0.25) is 9.59 Å². The molecule has 0 bridgehead atoms. The molecule has 0 spiro atoms. The van der Waals surface area contributed by atoms with Gasteiger partial charge in [0.1, 0.15) is 5.75 Å². The summed E-state index contributed by atoms with van der Waals surface area (Å²) in [7, 11) is 0. The van der Waals surface area contributed by atoms with Crippen LogP contribution in [0.15, 0.2) is 102 Å². The monoisotopic (exact) mass is 709 g/mol. The summed E-state index contributed by atoms with van der Waals surface area (Å²) >= 11 is 1.47. The van der Waals surface area contributed by atoms with Crippen LogP contribution in [0.2, 0.25) is 0 Å². The van der Waals surface area contributed by atoms with Crippen molar-refractivity contribution in [2.45, 2.75) is 63.0 Å². The number of rotatable bonds is 14. The third-order valence-corrected chi connectivity index (χ3v) is 9.82. The van der Waals surface area contributed by atoms with Gasteiger partial charge < -0.3 is 30.1 Å². The van der Waals surface area contributed by atoms with Crippen molar-refractivity contribution in [1.29, 1.82) is 0 Å². The van der Waals surface area contributed by atoms with Gasteiger partial charge >= 0.3 is 5.97 Å². The van der Waals surface area contributed by atoms with E-state index < -0.39 is 12.3 Å². The molecule has 1 amide bonds. The Balaban J connectivity index is 1.19. The normalized spacial score (nSPS) is 18.7. The Hall–Kier alpha value is -5.08. The molecule has 1 aliphatic heterocycles. The molecule has 4 atom stereocenters. The number of aliphatic hydroxyl groups is 1. The van der Waals surface area contributed by atoms with Gasteiger partial charge in [-0.25, -0.2) is 0 Å². The molecule has 4 aromatic carbocycles. The molecular formula is C38H39N5O7S. The number of thioether (sulfide) groups is 1. The molecule has 51 heavy (non-hydrogen) atoms. The molecule has 5 aromatic rings. The van der Waals surface area contributed by atoms with Gasteiger partial charge in [0, 0.05) is 36.6 Å². The van der Waals surface area contributed by atoms with Crippen molar-refractivity contribution in [3.05, 3.63) is 119 Å². The molecule has 0 aliphatic carbocycles. The molecule has 0 radical (unpaired) electrons. The molecule has 12 nitrogen and oxygen atoms in total. The second kappa shape index (κ2) is 16.8. The molecule has 1 aliphatic rings. The van der Waals surface area contributed by atoms with Gasteiger partial charge in [-0.1, -0.05) is 91.5 Å². The number of nitrogens with one attached hydrogen (secondary N) is 1. The highest BCUT2D eigenvalue weighted by Crippen LogP contribution is 2.43. The van der Waals surface area contributed by atoms with E-state index in [1.807, 2.05) is 72.8 Å². The number of benzene rings is 4. The molecular weight excluding hydrogens is 671 g/mol. The van der Waals surface area contributed by atoms with E-state index in [0.717, 1.165) is 39.1 Å². The van der Waals surface area contributed by atoms with Crippen molar-refractivity contribution in [3.8, 4) is 22.6 Å². The van der Waals surface area contributed by atoms with Crippen LogP contribution in [0, 0.1) is 5.92 Å². The Morgan fingerprint density at radius 2 is 1.63 bits per heavy atom. The minimum atomic E-state index is -0.915. The molecule has 0 saturated carbocycles. The third-order valence-electron chi connectivity index (χ3n) is 8.82. The summed E-state index contributed by atoms with van der Waals surface area (Å²) in [6.45, 7) is 2.37. The highest BCUT2D eigenvalue weighted by atomic mass is 32.2. The van der Waals surface area contributed by atoms with E-state index in [1.165, 1.54) is 11.8 Å². The Kier molecular flexibility index (Phi) is 11.7. The van der Waals surface area contributed by atoms with Crippen molar-refractivity contribution in [1.82, 2.24) is 25.5 Å². The zero-order valence-corrected chi connectivity index (χ0v) is 28.8. The van der Waals surface area contributed by atoms with Gasteiger partial charge in [0.25, 0.3) is 0 Å². The highest BCUT2D eigenvalue weighted by Gasteiger charge is 2.38. The van der Waals surface area contributed by atoms with Gasteiger partial charge in [-0.05, 0) is 68.9 Å². The fourth-order valence-electron chi connectivity index (χ4n) is 5.95. The lowest BCUT2D eigenvalue weighted by atomic mass is 9.91. The maximum atomic E-state index is 12.3. The van der Waals surface area contributed by atoms with Crippen molar-refractivity contribution in [3.63, 3.8) is 0 Å². The molecule has 1 aromatic heterocycles. The van der Waals surface area contributed by atoms with Crippen LogP contribution in [0.4, 0.5) is 0 Å². The van der Waals surface area contributed by atoms with Gasteiger partial charge in [-0.15, -0.1) is 5.10 Å². The number of ether oxygens (including phenoxy) is 2. The first kappa shape index (κ1) is 35.7. The predicted octanol–water partition coefficient (Wildman–Crippen LogP) is 5.98. The molecule has 264 valence electrons. The van der Waals surface area contributed by atoms with Crippen LogP contribution in [-0.2, 0) is 32.2 Å². The zero-order valence-electron chi connectivity index (χ0n) is 28.0. The lowest BCUT2D eigenvalue weighted by molar-refractivity contribution is -0.268. The number of aromatic hydroxyl groups is 1. The van der Waals surface area contributed by atoms with Crippen molar-refractivity contribution in [2.75, 3.05) is 5.75 Å². The van der Waals surface area contributed by atoms with Gasteiger partial charge in [0.05, 0.1) is 24.5 Å². The number of phenolic OH excluding ortho intramolecular Hbond substituents is 1. The second-order valence-corrected chi connectivity index (χ2v) is 13.3. The van der Waals surface area contributed by atoms with E-state index in [0.29, 0.717) is 23.9 Å². The summed E-state index contributed by atoms with van der Waals surface area (Å²) < 4.78 is 14.9. The van der Waals surface area contributed by atoms with Crippen LogP contribution in [0.25, 0.3) is 16.8 Å². The predicted molar refractivity (Wildman–Crippen MR) is 190 cm³/mol. The van der Waals surface area contributed by atoms with Crippen molar-refractivity contribution >= 4 is 23.6 Å². The first-order valence-electron chi connectivity index (χ1n) is 16.7. The van der Waals surface area contributed by atoms with E-state index in [2.05, 4.69) is 27.8 Å². The van der Waals surface area contributed by atoms with Gasteiger partial charge in [0.2, 0.25) is 11.1 Å². The number of hydrogen-bond acceptors (Lipinski definition) is 10. The summed E-state index contributed by atoms with van der Waals surface area (Å²) in [6.07, 6.45) is -0.805. The lowest BCUT2D eigenvalue weighted by Gasteiger charge is -2.41. The van der Waals surface area contributed by atoms with Gasteiger partial charge in [0.15, 0.2) is 6.29 Å². The average molecular weight is 710 g/mol. The summed E-state index contributed by atoms with van der Waals surface area (Å²) in [6, 6.07) is 30.2. The summed E-state index contributed by atoms with van der Waals surface area (Å²) in [5.41, 5.74) is 6.23. The molecule has 6 rings (SSSR count). The first-order chi connectivity index (χ1) is 24.8. The van der Waals surface area contributed by atoms with Crippen LogP contribution < -0.4 is 5.32 Å². The van der Waals surface area contributed by atoms with Crippen LogP contribution >= 0.6 is 11.8 Å². The molecule has 1 fully saturated rings. The zero-order chi connectivity index (χ0) is 35.7. The standard InChI is InChI=1S/C38H39N5O7S/c1-24-33(23-51-38-40-41-42-43(38)30-17-19-31(45)20-18-30)49-37(50-36(24)27-11-9-25(22-44)10-12-27)28-15-13-26(14-16-28)32-6-3-2-5-29(32)21-39-34(46)7-4-8-35(47)48/h2-3,5-6,9-20,24,33,36-37,44-45H,4,7-8,21-23H2,1H3,(H,39,46)(H,47,48)/t24-,33+,36+,37+/m1/s1. The summed E-state index contributed by atoms with van der Waals surface area (Å²) in [4.78, 5) is 23.1. The Morgan fingerprint density at radius 3 is 2.35 bits per heavy atom. The number of carbonyl (C=O) groups excluding carboxylic acids is 1. The van der Waals surface area contributed by atoms with Gasteiger partial charge in [-0.2, -0.15) is 4.68 Å². The minimum absolute atomic E-state index is 0.0403. The van der Waals surface area contributed by atoms with Crippen LogP contribution in [0.5, 0.6) is 5.75 Å². The molecule has 13 heteroatoms. The average Bonchev–Trinajstić information content (AvgIpc) is 3.63. The lowest BCUT2D eigenvalue weighted by Crippen LogP contribution is -2.38. The number of aliphatic carboxylic acids is 1. The van der Waals surface area contributed by atoms with Crippen LogP contribution in [0.3, 0.4) is 0 Å². The quantitative estimate of drug-likeness (QED) is 0.100. The summed E-state index contributed by atoms with van der Waals surface area (Å²) in [5.74, 6) is -0.452. The fraction of sp³-hybridized carbons (Fsp3) is 0.289. The Bertz CT molecular complexity index is 1920. The number of aromatic nitrogens is 4. The van der Waals surface area contributed by atoms with E-state index in [4.69, 9.17) is 14.6 Å². The van der Waals surface area contributed by atoms with Crippen LogP contribution in [-0.4, -0.2) is 59.3 Å². The number of aliphatic hydroxyl groups excluding tert-OH is 1. The molecule has 0 unspecified atom stereocenters. The SMILES string of the molecule is C[C@@H]1[C@H](CSc2nnnn2-c2ccc(O)cc2)O[C@H](c2ccc(-c3ccccc3CNC(=O)CCCC(=O)O)cc2)O[C@@H]1c1ccc(CO)cc1. The number of carboxylic acid groups (broad SMARTS) is 1. The highest BCUT2D eigenvalue weighted by molar-refractivity contribution is 7.99. The number of tetrazole rings is 1. The van der Waals surface area contributed by atoms with Crippen molar-refractivity contribution in [2.24, 2.45) is 5.92 Å². The minimum Gasteiger partial charge on any atom is -0.508 e. The maximum absolute atomic E-state index is 12.3. The van der Waals surface area contributed by atoms with E-state index in [9.17, 15) is 19.8 Å². The third kappa shape index (κ3) is 8.99. The summed E-state index contributed by atoms with van der Waals surface area (Å²) in [5, 5.41) is 43.9. The number of nitrogens with zero attached hydrogens (tertiary/aromatic N) is 4. The van der Waals surface area contributed by atoms with Crippen molar-refractivity contribution < 1.29 is 34.4 Å². The Labute approximate surface area is 299 Å². The molecule has 1 saturated heterocycles. The number of phenols is 1. The topological polar surface area (TPSA) is 169 Å². The first-order valence-corrected chi connectivity index (χ1v) is 17.7. The van der Waals surface area contributed by atoms with Crippen LogP contribution in [0.1, 0.15) is 60.8 Å².